The normalized spacial score (nSPS) is 16.5. The van der Waals surface area contributed by atoms with E-state index < -0.39 is 5.60 Å². The van der Waals surface area contributed by atoms with Crippen molar-refractivity contribution in [1.29, 1.82) is 0 Å². The zero-order chi connectivity index (χ0) is 15.5. The third-order valence-corrected chi connectivity index (χ3v) is 3.85. The fourth-order valence-electron chi connectivity index (χ4n) is 2.19. The zero-order valence-corrected chi connectivity index (χ0v) is 12.8. The minimum absolute atomic E-state index is 0.0117. The van der Waals surface area contributed by atoms with Gasteiger partial charge < -0.3 is 19.5 Å². The summed E-state index contributed by atoms with van der Waals surface area (Å²) in [6.07, 6.45) is 0. The summed E-state index contributed by atoms with van der Waals surface area (Å²) in [4.78, 5) is 13.6. The molecule has 1 aliphatic rings. The van der Waals surface area contributed by atoms with Crippen LogP contribution in [0.25, 0.3) is 0 Å². The highest BCUT2D eigenvalue weighted by Gasteiger charge is 2.45. The molecule has 1 aromatic rings. The Hall–Kier alpha value is -1.75. The fraction of sp³-hybridized carbons (Fsp3) is 0.562. The molecular weight excluding hydrogens is 270 g/mol. The first kappa shape index (κ1) is 15.6. The van der Waals surface area contributed by atoms with E-state index in [0.717, 1.165) is 5.75 Å². The van der Waals surface area contributed by atoms with Gasteiger partial charge in [-0.15, -0.1) is 0 Å². The zero-order valence-electron chi connectivity index (χ0n) is 12.8. The van der Waals surface area contributed by atoms with E-state index in [1.54, 1.807) is 17.0 Å². The summed E-state index contributed by atoms with van der Waals surface area (Å²) >= 11 is 0. The van der Waals surface area contributed by atoms with Gasteiger partial charge in [-0.05, 0) is 37.1 Å². The summed E-state index contributed by atoms with van der Waals surface area (Å²) in [6, 6.07) is 7.17. The average molecular weight is 293 g/mol. The quantitative estimate of drug-likeness (QED) is 0.867. The number of aliphatic hydroxyl groups is 1. The number of nitrogens with zero attached hydrogens (tertiary/aromatic N) is 1. The van der Waals surface area contributed by atoms with Crippen LogP contribution in [0.2, 0.25) is 0 Å². The number of hydrogen-bond donors (Lipinski definition) is 1. The van der Waals surface area contributed by atoms with Crippen LogP contribution in [0, 0.1) is 5.92 Å². The first-order valence-corrected chi connectivity index (χ1v) is 7.30. The molecule has 21 heavy (non-hydrogen) atoms. The Balaban J connectivity index is 1.77. The van der Waals surface area contributed by atoms with Crippen LogP contribution < -0.4 is 9.47 Å². The summed E-state index contributed by atoms with van der Waals surface area (Å²) in [6.45, 7) is 7.21. The van der Waals surface area contributed by atoms with Gasteiger partial charge in [-0.3, -0.25) is 4.79 Å². The molecule has 116 valence electrons. The van der Waals surface area contributed by atoms with Crippen molar-refractivity contribution in [2.75, 3.05) is 26.3 Å². The Labute approximate surface area is 125 Å². The number of carbonyl (C=O) groups excluding carboxylic acids is 1. The van der Waals surface area contributed by atoms with Crippen LogP contribution in [0.15, 0.2) is 24.3 Å². The van der Waals surface area contributed by atoms with Crippen LogP contribution in [-0.4, -0.2) is 47.8 Å². The van der Waals surface area contributed by atoms with Crippen LogP contribution in [0.3, 0.4) is 0 Å². The minimum Gasteiger partial charge on any atom is -0.494 e. The lowest BCUT2D eigenvalue weighted by molar-refractivity contribution is -0.165. The van der Waals surface area contributed by atoms with Gasteiger partial charge in [0.1, 0.15) is 17.1 Å². The van der Waals surface area contributed by atoms with Crippen LogP contribution in [-0.2, 0) is 4.79 Å². The summed E-state index contributed by atoms with van der Waals surface area (Å²) in [5.74, 6) is 1.45. The third-order valence-electron chi connectivity index (χ3n) is 3.85. The van der Waals surface area contributed by atoms with Crippen molar-refractivity contribution in [1.82, 2.24) is 4.90 Å². The van der Waals surface area contributed by atoms with E-state index in [4.69, 9.17) is 9.47 Å². The Morgan fingerprint density at radius 1 is 1.24 bits per heavy atom. The molecule has 1 N–H and O–H groups in total. The topological polar surface area (TPSA) is 59.0 Å². The smallest absolute Gasteiger partial charge is 0.260 e. The molecule has 2 rings (SSSR count). The predicted octanol–water partition coefficient (Wildman–Crippen LogP) is 1.69. The van der Waals surface area contributed by atoms with Crippen molar-refractivity contribution >= 4 is 5.91 Å². The molecule has 0 aromatic heterocycles. The summed E-state index contributed by atoms with van der Waals surface area (Å²) in [7, 11) is 0. The van der Waals surface area contributed by atoms with Crippen LogP contribution in [0.4, 0.5) is 0 Å². The van der Waals surface area contributed by atoms with Gasteiger partial charge in [0.2, 0.25) is 0 Å². The summed E-state index contributed by atoms with van der Waals surface area (Å²) in [5.41, 5.74) is -0.741. The number of β-amino-alcohol motifs (C(OH)–C–C–N with tert-alkyl or cyclic N) is 1. The van der Waals surface area contributed by atoms with E-state index in [-0.39, 0.29) is 18.4 Å². The SMILES string of the molecule is CCOc1ccc(OCC(=O)N2CC(O)(C(C)C)C2)cc1. The lowest BCUT2D eigenvalue weighted by Crippen LogP contribution is -2.66. The van der Waals surface area contributed by atoms with Crippen LogP contribution in [0.5, 0.6) is 11.5 Å². The summed E-state index contributed by atoms with van der Waals surface area (Å²) < 4.78 is 10.8. The molecule has 0 saturated carbocycles. The fourth-order valence-corrected chi connectivity index (χ4v) is 2.19. The van der Waals surface area contributed by atoms with Crippen LogP contribution in [0.1, 0.15) is 20.8 Å². The Morgan fingerprint density at radius 2 is 1.76 bits per heavy atom. The highest BCUT2D eigenvalue weighted by atomic mass is 16.5. The second-order valence-electron chi connectivity index (χ2n) is 5.70. The highest BCUT2D eigenvalue weighted by molar-refractivity contribution is 5.79. The van der Waals surface area contributed by atoms with Crippen molar-refractivity contribution in [3.05, 3.63) is 24.3 Å². The lowest BCUT2D eigenvalue weighted by atomic mass is 9.83. The van der Waals surface area contributed by atoms with E-state index in [2.05, 4.69) is 0 Å². The van der Waals surface area contributed by atoms with Gasteiger partial charge >= 0.3 is 0 Å². The molecule has 0 aliphatic carbocycles. The average Bonchev–Trinajstić information content (AvgIpc) is 2.43. The summed E-state index contributed by atoms with van der Waals surface area (Å²) in [5, 5.41) is 10.1. The Morgan fingerprint density at radius 3 is 2.24 bits per heavy atom. The van der Waals surface area contributed by atoms with E-state index in [1.807, 2.05) is 32.9 Å². The number of likely N-dealkylation sites (tertiary alicyclic amines) is 1. The van der Waals surface area contributed by atoms with Gasteiger partial charge in [0.05, 0.1) is 19.7 Å². The third kappa shape index (κ3) is 3.67. The number of amides is 1. The van der Waals surface area contributed by atoms with Crippen molar-refractivity contribution in [3.8, 4) is 11.5 Å². The number of ether oxygens (including phenoxy) is 2. The Bertz CT molecular complexity index is 478. The first-order chi connectivity index (χ1) is 9.94. The van der Waals surface area contributed by atoms with Gasteiger partial charge in [0, 0.05) is 0 Å². The Kier molecular flexibility index (Phi) is 4.73. The van der Waals surface area contributed by atoms with Crippen molar-refractivity contribution in [3.63, 3.8) is 0 Å². The van der Waals surface area contributed by atoms with Gasteiger partial charge in [-0.1, -0.05) is 13.8 Å². The van der Waals surface area contributed by atoms with Gasteiger partial charge in [0.15, 0.2) is 6.61 Å². The van der Waals surface area contributed by atoms with E-state index in [9.17, 15) is 9.90 Å². The molecular formula is C16H23NO4. The predicted molar refractivity (Wildman–Crippen MR) is 79.5 cm³/mol. The minimum atomic E-state index is -0.741. The molecule has 1 amide bonds. The molecule has 1 aromatic carbocycles. The number of benzene rings is 1. The first-order valence-electron chi connectivity index (χ1n) is 7.30. The maximum atomic E-state index is 11.9. The largest absolute Gasteiger partial charge is 0.494 e. The van der Waals surface area contributed by atoms with Gasteiger partial charge in [-0.2, -0.15) is 0 Å². The van der Waals surface area contributed by atoms with E-state index >= 15 is 0 Å². The lowest BCUT2D eigenvalue weighted by Gasteiger charge is -2.48. The van der Waals surface area contributed by atoms with Crippen molar-refractivity contribution < 1.29 is 19.4 Å². The van der Waals surface area contributed by atoms with E-state index in [1.165, 1.54) is 0 Å². The number of carbonyl (C=O) groups is 1. The molecule has 1 saturated heterocycles. The van der Waals surface area contributed by atoms with Gasteiger partial charge in [-0.25, -0.2) is 0 Å². The van der Waals surface area contributed by atoms with Crippen LogP contribution >= 0.6 is 0 Å². The molecule has 0 radical (unpaired) electrons. The van der Waals surface area contributed by atoms with E-state index in [0.29, 0.717) is 25.4 Å². The molecule has 0 bridgehead atoms. The molecule has 1 aliphatic heterocycles. The molecule has 0 spiro atoms. The molecule has 5 heteroatoms. The van der Waals surface area contributed by atoms with Crippen molar-refractivity contribution in [2.24, 2.45) is 5.92 Å². The molecule has 1 heterocycles. The molecule has 0 atom stereocenters. The maximum Gasteiger partial charge on any atom is 0.260 e. The maximum absolute atomic E-state index is 11.9. The van der Waals surface area contributed by atoms with Crippen molar-refractivity contribution in [2.45, 2.75) is 26.4 Å². The second kappa shape index (κ2) is 6.35. The highest BCUT2D eigenvalue weighted by Crippen LogP contribution is 2.28. The number of hydrogen-bond acceptors (Lipinski definition) is 4. The number of rotatable bonds is 6. The molecule has 5 nitrogen and oxygen atoms in total. The second-order valence-corrected chi connectivity index (χ2v) is 5.70. The monoisotopic (exact) mass is 293 g/mol. The van der Waals surface area contributed by atoms with Gasteiger partial charge in [0.25, 0.3) is 5.91 Å². The standard InChI is InChI=1S/C16H23NO4/c1-4-20-13-5-7-14(8-6-13)21-9-15(18)17-10-16(19,11-17)12(2)3/h5-8,12,19H,4,9-11H2,1-3H3. The molecule has 0 unspecified atom stereocenters. The molecule has 1 fully saturated rings.